The Hall–Kier alpha value is -4.78. The number of fused-ring (bicyclic) bond motifs is 1. The maximum Gasteiger partial charge on any atom is 0.171 e. The molecule has 6 aromatic rings. The average molecular weight is 611 g/mol. The van der Waals surface area contributed by atoms with Gasteiger partial charge in [0.15, 0.2) is 5.84 Å². The molecule has 1 aromatic heterocycles. The summed E-state index contributed by atoms with van der Waals surface area (Å²) in [5.41, 5.74) is 14.6. The standard InChI is InChI=1S/C36H28BrN5/c37-25-26-20-22-33-27(24-26)21-23-34(38-33)31-18-10-11-19-32(31)35-39-41-42(40-35)36(28-12-4-1-5-13-28,29-14-6-2-7-15-29)30-16-8-3-9-17-30/h1-24,41H,25H2,(H,39,40). The van der Waals surface area contributed by atoms with Crippen LogP contribution in [0.1, 0.15) is 27.8 Å². The predicted octanol–water partition coefficient (Wildman–Crippen LogP) is 7.78. The minimum absolute atomic E-state index is 0.717. The van der Waals surface area contributed by atoms with Gasteiger partial charge in [-0.1, -0.05) is 148 Å². The topological polar surface area (TPSA) is 52.6 Å². The van der Waals surface area contributed by atoms with Gasteiger partial charge in [-0.3, -0.25) is 5.43 Å². The first-order valence-corrected chi connectivity index (χ1v) is 15.0. The smallest absolute Gasteiger partial charge is 0.171 e. The second-order valence-corrected chi connectivity index (χ2v) is 10.8. The number of hydrazone groups is 1. The molecule has 5 aromatic carbocycles. The maximum absolute atomic E-state index is 5.03. The minimum Gasteiger partial charge on any atom is -0.281 e. The van der Waals surface area contributed by atoms with Crippen molar-refractivity contribution in [3.8, 4) is 11.3 Å². The van der Waals surface area contributed by atoms with Crippen LogP contribution in [0.25, 0.3) is 22.2 Å². The number of halogens is 1. The number of benzene rings is 5. The zero-order valence-electron chi connectivity index (χ0n) is 22.8. The van der Waals surface area contributed by atoms with E-state index in [9.17, 15) is 0 Å². The molecule has 2 N–H and O–H groups in total. The molecule has 0 amide bonds. The van der Waals surface area contributed by atoms with Gasteiger partial charge in [-0.15, -0.1) is 5.10 Å². The van der Waals surface area contributed by atoms with Gasteiger partial charge in [0.1, 0.15) is 5.54 Å². The molecule has 0 spiro atoms. The summed E-state index contributed by atoms with van der Waals surface area (Å²) in [6, 6.07) is 50.4. The van der Waals surface area contributed by atoms with E-state index in [1.165, 1.54) is 5.56 Å². The Labute approximate surface area is 253 Å². The highest BCUT2D eigenvalue weighted by Crippen LogP contribution is 2.41. The summed E-state index contributed by atoms with van der Waals surface area (Å²) < 4.78 is 0. The van der Waals surface area contributed by atoms with Gasteiger partial charge < -0.3 is 0 Å². The molecule has 0 radical (unpaired) electrons. The lowest BCUT2D eigenvalue weighted by Gasteiger charge is -2.42. The van der Waals surface area contributed by atoms with Crippen molar-refractivity contribution in [3.63, 3.8) is 0 Å². The quantitative estimate of drug-likeness (QED) is 0.143. The molecule has 5 nitrogen and oxygen atoms in total. The highest BCUT2D eigenvalue weighted by Gasteiger charge is 2.45. The molecule has 7 rings (SSSR count). The van der Waals surface area contributed by atoms with E-state index >= 15 is 0 Å². The number of aromatic nitrogens is 1. The summed E-state index contributed by atoms with van der Waals surface area (Å²) in [6.07, 6.45) is 0. The molecule has 0 unspecified atom stereocenters. The SMILES string of the molecule is BrCc1ccc2nc(-c3ccccc3C3=NNN(C(c4ccccc4)(c4ccccc4)c4ccccc4)N3)ccc2c1. The Bertz CT molecular complexity index is 1780. The van der Waals surface area contributed by atoms with Gasteiger partial charge in [0.25, 0.3) is 0 Å². The number of hydrogen-bond donors (Lipinski definition) is 2. The van der Waals surface area contributed by atoms with Crippen molar-refractivity contribution in [2.24, 2.45) is 5.10 Å². The second kappa shape index (κ2) is 11.2. The number of rotatable bonds is 7. The van der Waals surface area contributed by atoms with Gasteiger partial charge in [-0.25, -0.2) is 10.5 Å². The number of hydrazine groups is 2. The largest absolute Gasteiger partial charge is 0.281 e. The first kappa shape index (κ1) is 26.1. The third-order valence-electron chi connectivity index (χ3n) is 7.76. The van der Waals surface area contributed by atoms with Gasteiger partial charge in [-0.2, -0.15) is 0 Å². The second-order valence-electron chi connectivity index (χ2n) is 10.2. The molecule has 6 heteroatoms. The lowest BCUT2D eigenvalue weighted by Crippen LogP contribution is -2.57. The summed E-state index contributed by atoms with van der Waals surface area (Å²) in [7, 11) is 0. The summed E-state index contributed by atoms with van der Waals surface area (Å²) >= 11 is 3.55. The van der Waals surface area contributed by atoms with Crippen molar-refractivity contribution in [1.82, 2.24) is 21.1 Å². The van der Waals surface area contributed by atoms with Gasteiger partial charge in [0.2, 0.25) is 0 Å². The molecule has 1 aliphatic rings. The van der Waals surface area contributed by atoms with Crippen LogP contribution in [0.15, 0.2) is 151 Å². The van der Waals surface area contributed by atoms with Crippen LogP contribution in [0.4, 0.5) is 0 Å². The van der Waals surface area contributed by atoms with Crippen molar-refractivity contribution in [3.05, 3.63) is 173 Å². The Morgan fingerprint density at radius 1 is 0.619 bits per heavy atom. The molecule has 0 atom stereocenters. The molecule has 2 heterocycles. The number of amidine groups is 1. The van der Waals surface area contributed by atoms with Crippen LogP contribution in [-0.4, -0.2) is 15.9 Å². The van der Waals surface area contributed by atoms with E-state index in [1.807, 2.05) is 35.4 Å². The third kappa shape index (κ3) is 4.55. The van der Waals surface area contributed by atoms with Gasteiger partial charge in [0, 0.05) is 21.8 Å². The van der Waals surface area contributed by atoms with Crippen LogP contribution in [0.3, 0.4) is 0 Å². The number of hydrogen-bond acceptors (Lipinski definition) is 5. The predicted molar refractivity (Wildman–Crippen MR) is 174 cm³/mol. The molecule has 0 fully saturated rings. The van der Waals surface area contributed by atoms with E-state index < -0.39 is 5.54 Å². The fourth-order valence-corrected chi connectivity index (χ4v) is 6.13. The van der Waals surface area contributed by atoms with Crippen LogP contribution < -0.4 is 11.0 Å². The molecule has 0 aliphatic carbocycles. The van der Waals surface area contributed by atoms with Crippen molar-refractivity contribution >= 4 is 32.7 Å². The van der Waals surface area contributed by atoms with Crippen molar-refractivity contribution in [2.45, 2.75) is 10.9 Å². The summed E-state index contributed by atoms with van der Waals surface area (Å²) in [4.78, 5) is 5.03. The highest BCUT2D eigenvalue weighted by molar-refractivity contribution is 9.08. The zero-order valence-corrected chi connectivity index (χ0v) is 24.4. The Kier molecular flexibility index (Phi) is 7.00. The van der Waals surface area contributed by atoms with E-state index in [2.05, 4.69) is 142 Å². The van der Waals surface area contributed by atoms with Crippen LogP contribution in [0.5, 0.6) is 0 Å². The van der Waals surface area contributed by atoms with Crippen molar-refractivity contribution < 1.29 is 0 Å². The van der Waals surface area contributed by atoms with Crippen LogP contribution >= 0.6 is 15.9 Å². The molecular formula is C36H28BrN5. The molecule has 0 saturated carbocycles. The van der Waals surface area contributed by atoms with Gasteiger partial charge in [-0.05, 0) is 40.5 Å². The average Bonchev–Trinajstić information content (AvgIpc) is 3.56. The van der Waals surface area contributed by atoms with E-state index in [1.54, 1.807) is 0 Å². The lowest BCUT2D eigenvalue weighted by atomic mass is 9.77. The molecule has 1 aliphatic heterocycles. The van der Waals surface area contributed by atoms with E-state index in [0.717, 1.165) is 49.7 Å². The number of nitrogens with one attached hydrogen (secondary N) is 2. The fourth-order valence-electron chi connectivity index (χ4n) is 5.78. The first-order valence-electron chi connectivity index (χ1n) is 13.9. The maximum atomic E-state index is 5.03. The van der Waals surface area contributed by atoms with Crippen molar-refractivity contribution in [1.29, 1.82) is 0 Å². The lowest BCUT2D eigenvalue weighted by molar-refractivity contribution is 0.0761. The van der Waals surface area contributed by atoms with Crippen molar-refractivity contribution in [2.75, 3.05) is 0 Å². The van der Waals surface area contributed by atoms with Gasteiger partial charge in [0.05, 0.1) is 11.2 Å². The highest BCUT2D eigenvalue weighted by atomic mass is 79.9. The minimum atomic E-state index is -0.724. The summed E-state index contributed by atoms with van der Waals surface area (Å²) in [6.45, 7) is 0. The Balaban J connectivity index is 1.32. The number of alkyl halides is 1. The molecular weight excluding hydrogens is 582 g/mol. The first-order chi connectivity index (χ1) is 20.8. The Morgan fingerprint density at radius 3 is 1.79 bits per heavy atom. The normalized spacial score (nSPS) is 13.4. The van der Waals surface area contributed by atoms with Crippen LogP contribution in [-0.2, 0) is 10.9 Å². The summed E-state index contributed by atoms with van der Waals surface area (Å²) in [5.74, 6) is 0.717. The van der Waals surface area contributed by atoms with Crippen LogP contribution in [0, 0.1) is 0 Å². The Morgan fingerprint density at radius 2 is 1.19 bits per heavy atom. The molecule has 42 heavy (non-hydrogen) atoms. The molecule has 0 bridgehead atoms. The third-order valence-corrected chi connectivity index (χ3v) is 8.40. The summed E-state index contributed by atoms with van der Waals surface area (Å²) in [5, 5.41) is 8.80. The van der Waals surface area contributed by atoms with E-state index in [-0.39, 0.29) is 0 Å². The molecule has 204 valence electrons. The monoisotopic (exact) mass is 609 g/mol. The van der Waals surface area contributed by atoms with E-state index in [0.29, 0.717) is 5.84 Å². The molecule has 0 saturated heterocycles. The fraction of sp³-hybridized carbons (Fsp3) is 0.0556. The van der Waals surface area contributed by atoms with Crippen LogP contribution in [0.2, 0.25) is 0 Å². The van der Waals surface area contributed by atoms with E-state index in [4.69, 9.17) is 10.1 Å². The number of pyridine rings is 1. The number of nitrogens with zero attached hydrogens (tertiary/aromatic N) is 3. The van der Waals surface area contributed by atoms with Gasteiger partial charge >= 0.3 is 0 Å². The zero-order chi connectivity index (χ0) is 28.4.